The van der Waals surface area contributed by atoms with E-state index < -0.39 is 0 Å². The maximum Gasteiger partial charge on any atom is 0.0780 e. The quantitative estimate of drug-likeness (QED) is 0.514. The standard InChI is InChI=1S/C17H20ClN3/c1-4-21(17-8-6-5-7-15(17)18)20-13(3)14-11-12(2)9-10-16(14)19/h5-11H,4,19H2,1-3H3/b20-13+. The summed E-state index contributed by atoms with van der Waals surface area (Å²) in [4.78, 5) is 0. The summed E-state index contributed by atoms with van der Waals surface area (Å²) in [6.45, 7) is 6.78. The van der Waals surface area contributed by atoms with Crippen LogP contribution in [-0.2, 0) is 0 Å². The van der Waals surface area contributed by atoms with Crippen molar-refractivity contribution in [3.8, 4) is 0 Å². The maximum atomic E-state index is 6.25. The number of anilines is 2. The predicted molar refractivity (Wildman–Crippen MR) is 92.3 cm³/mol. The summed E-state index contributed by atoms with van der Waals surface area (Å²) in [6.07, 6.45) is 0. The van der Waals surface area contributed by atoms with E-state index in [2.05, 4.69) is 11.2 Å². The fourth-order valence-electron chi connectivity index (χ4n) is 2.17. The Kier molecular flexibility index (Phi) is 4.86. The number of nitrogen functional groups attached to an aromatic ring is 1. The summed E-state index contributed by atoms with van der Waals surface area (Å²) >= 11 is 6.25. The van der Waals surface area contributed by atoms with Crippen molar-refractivity contribution in [3.05, 3.63) is 58.6 Å². The molecule has 2 rings (SSSR count). The molecule has 0 aliphatic heterocycles. The van der Waals surface area contributed by atoms with Crippen molar-refractivity contribution in [1.29, 1.82) is 0 Å². The molecule has 0 bridgehead atoms. The van der Waals surface area contributed by atoms with Gasteiger partial charge in [0.1, 0.15) is 0 Å². The smallest absolute Gasteiger partial charge is 0.0780 e. The summed E-state index contributed by atoms with van der Waals surface area (Å²) < 4.78 is 0. The number of halogens is 1. The van der Waals surface area contributed by atoms with Crippen LogP contribution in [0.1, 0.15) is 25.0 Å². The van der Waals surface area contributed by atoms with Crippen molar-refractivity contribution >= 4 is 28.7 Å². The molecule has 0 saturated carbocycles. The average molecular weight is 302 g/mol. The van der Waals surface area contributed by atoms with Crippen LogP contribution < -0.4 is 10.7 Å². The van der Waals surface area contributed by atoms with Gasteiger partial charge in [-0.05, 0) is 45.0 Å². The van der Waals surface area contributed by atoms with Crippen LogP contribution in [0.4, 0.5) is 11.4 Å². The SMILES string of the molecule is CCN(/N=C(\C)c1cc(C)ccc1N)c1ccccc1Cl. The van der Waals surface area contributed by atoms with Crippen LogP contribution in [0.3, 0.4) is 0 Å². The van der Waals surface area contributed by atoms with Gasteiger partial charge in [-0.3, -0.25) is 5.01 Å². The number of para-hydroxylation sites is 1. The number of nitrogens with zero attached hydrogens (tertiary/aromatic N) is 2. The van der Waals surface area contributed by atoms with Gasteiger partial charge in [0.2, 0.25) is 0 Å². The summed E-state index contributed by atoms with van der Waals surface area (Å²) in [6, 6.07) is 13.7. The van der Waals surface area contributed by atoms with E-state index in [0.29, 0.717) is 5.02 Å². The Hall–Kier alpha value is -2.00. The second kappa shape index (κ2) is 6.64. The van der Waals surface area contributed by atoms with Gasteiger partial charge in [0.05, 0.1) is 16.4 Å². The summed E-state index contributed by atoms with van der Waals surface area (Å²) in [5, 5.41) is 7.26. The third-order valence-corrected chi connectivity index (χ3v) is 3.62. The molecule has 2 N–H and O–H groups in total. The molecule has 2 aromatic carbocycles. The number of hydrazone groups is 1. The maximum absolute atomic E-state index is 6.25. The molecule has 110 valence electrons. The first-order valence-electron chi connectivity index (χ1n) is 6.96. The second-order valence-electron chi connectivity index (χ2n) is 4.94. The fourth-order valence-corrected chi connectivity index (χ4v) is 2.41. The van der Waals surface area contributed by atoms with Crippen molar-refractivity contribution in [3.63, 3.8) is 0 Å². The molecule has 0 aliphatic carbocycles. The normalized spacial score (nSPS) is 11.5. The molecule has 0 aliphatic rings. The van der Waals surface area contributed by atoms with Crippen LogP contribution in [0.2, 0.25) is 5.02 Å². The van der Waals surface area contributed by atoms with Crippen molar-refractivity contribution in [2.45, 2.75) is 20.8 Å². The zero-order chi connectivity index (χ0) is 15.4. The van der Waals surface area contributed by atoms with E-state index in [-0.39, 0.29) is 0 Å². The molecule has 2 aromatic rings. The highest BCUT2D eigenvalue weighted by Gasteiger charge is 2.09. The van der Waals surface area contributed by atoms with Crippen molar-refractivity contribution in [1.82, 2.24) is 0 Å². The number of rotatable bonds is 4. The molecule has 21 heavy (non-hydrogen) atoms. The van der Waals surface area contributed by atoms with E-state index in [1.54, 1.807) is 0 Å². The Balaban J connectivity index is 2.40. The molecular formula is C17H20ClN3. The minimum atomic E-state index is 0.688. The highest BCUT2D eigenvalue weighted by Crippen LogP contribution is 2.26. The summed E-state index contributed by atoms with van der Waals surface area (Å²) in [7, 11) is 0. The molecule has 0 spiro atoms. The van der Waals surface area contributed by atoms with Crippen LogP contribution in [0.5, 0.6) is 0 Å². The first-order chi connectivity index (χ1) is 10.0. The zero-order valence-electron chi connectivity index (χ0n) is 12.6. The Labute approximate surface area is 131 Å². The zero-order valence-corrected chi connectivity index (χ0v) is 13.4. The van der Waals surface area contributed by atoms with E-state index in [1.807, 2.05) is 62.2 Å². The Morgan fingerprint density at radius 2 is 1.95 bits per heavy atom. The highest BCUT2D eigenvalue weighted by molar-refractivity contribution is 6.33. The molecule has 0 fully saturated rings. The molecule has 0 heterocycles. The van der Waals surface area contributed by atoms with Crippen molar-refractivity contribution in [2.75, 3.05) is 17.3 Å². The monoisotopic (exact) mass is 301 g/mol. The van der Waals surface area contributed by atoms with Crippen LogP contribution in [0.15, 0.2) is 47.6 Å². The Morgan fingerprint density at radius 3 is 2.62 bits per heavy atom. The fraction of sp³-hybridized carbons (Fsp3) is 0.235. The van der Waals surface area contributed by atoms with Gasteiger partial charge in [0.15, 0.2) is 0 Å². The van der Waals surface area contributed by atoms with Crippen molar-refractivity contribution < 1.29 is 0 Å². The predicted octanol–water partition coefficient (Wildman–Crippen LogP) is 4.48. The Morgan fingerprint density at radius 1 is 1.24 bits per heavy atom. The number of nitrogens with two attached hydrogens (primary N) is 1. The molecule has 3 nitrogen and oxygen atoms in total. The van der Waals surface area contributed by atoms with Gasteiger partial charge in [-0.1, -0.05) is 35.4 Å². The first-order valence-corrected chi connectivity index (χ1v) is 7.34. The van der Waals surface area contributed by atoms with Gasteiger partial charge < -0.3 is 5.73 Å². The topological polar surface area (TPSA) is 41.6 Å². The third kappa shape index (κ3) is 3.56. The van der Waals surface area contributed by atoms with Gasteiger partial charge in [-0.2, -0.15) is 5.10 Å². The van der Waals surface area contributed by atoms with Crippen LogP contribution in [0.25, 0.3) is 0 Å². The van der Waals surface area contributed by atoms with Gasteiger partial charge in [-0.25, -0.2) is 0 Å². The second-order valence-corrected chi connectivity index (χ2v) is 5.35. The average Bonchev–Trinajstić information content (AvgIpc) is 2.48. The molecule has 0 radical (unpaired) electrons. The minimum absolute atomic E-state index is 0.688. The van der Waals surface area contributed by atoms with Crippen LogP contribution >= 0.6 is 11.6 Å². The molecular weight excluding hydrogens is 282 g/mol. The third-order valence-electron chi connectivity index (χ3n) is 3.30. The van der Waals surface area contributed by atoms with E-state index in [9.17, 15) is 0 Å². The highest BCUT2D eigenvalue weighted by atomic mass is 35.5. The minimum Gasteiger partial charge on any atom is -0.398 e. The largest absolute Gasteiger partial charge is 0.398 e. The molecule has 0 unspecified atom stereocenters. The lowest BCUT2D eigenvalue weighted by Gasteiger charge is -2.20. The summed E-state index contributed by atoms with van der Waals surface area (Å²) in [5.74, 6) is 0. The number of aryl methyl sites for hydroxylation is 1. The van der Waals surface area contributed by atoms with Crippen LogP contribution in [-0.4, -0.2) is 12.3 Å². The molecule has 0 aromatic heterocycles. The molecule has 4 heteroatoms. The van der Waals surface area contributed by atoms with Crippen molar-refractivity contribution in [2.24, 2.45) is 5.10 Å². The summed E-state index contributed by atoms with van der Waals surface area (Å²) in [5.41, 5.74) is 10.7. The van der Waals surface area contributed by atoms with E-state index in [0.717, 1.165) is 34.8 Å². The van der Waals surface area contributed by atoms with E-state index >= 15 is 0 Å². The van der Waals surface area contributed by atoms with Gasteiger partial charge >= 0.3 is 0 Å². The molecule has 0 atom stereocenters. The number of hydrogen-bond acceptors (Lipinski definition) is 3. The Bertz CT molecular complexity index is 665. The van der Waals surface area contributed by atoms with E-state index in [4.69, 9.17) is 17.3 Å². The molecule has 0 amide bonds. The van der Waals surface area contributed by atoms with Crippen LogP contribution in [0, 0.1) is 6.92 Å². The lowest BCUT2D eigenvalue weighted by molar-refractivity contribution is 0.892. The molecule has 0 saturated heterocycles. The lowest BCUT2D eigenvalue weighted by atomic mass is 10.1. The van der Waals surface area contributed by atoms with Gasteiger partial charge in [0.25, 0.3) is 0 Å². The first kappa shape index (κ1) is 15.4. The van der Waals surface area contributed by atoms with E-state index in [1.165, 1.54) is 0 Å². The number of benzene rings is 2. The number of hydrogen-bond donors (Lipinski definition) is 1. The van der Waals surface area contributed by atoms with Gasteiger partial charge in [-0.15, -0.1) is 0 Å². The van der Waals surface area contributed by atoms with Gasteiger partial charge in [0, 0.05) is 17.8 Å². The lowest BCUT2D eigenvalue weighted by Crippen LogP contribution is -2.18.